The van der Waals surface area contributed by atoms with Gasteiger partial charge in [-0.25, -0.2) is 9.59 Å². The van der Waals surface area contributed by atoms with Crippen LogP contribution >= 0.6 is 0 Å². The van der Waals surface area contributed by atoms with Gasteiger partial charge in [-0.05, 0) is 54.6 Å². The fourth-order valence-electron chi connectivity index (χ4n) is 10.2. The number of amides is 1. The Balaban J connectivity index is 0.934. The summed E-state index contributed by atoms with van der Waals surface area (Å²) in [6.07, 6.45) is -9.71. The normalized spacial score (nSPS) is 29.9. The van der Waals surface area contributed by atoms with Crippen LogP contribution in [0.4, 0.5) is 10.5 Å². The van der Waals surface area contributed by atoms with E-state index in [2.05, 4.69) is 15.3 Å². The van der Waals surface area contributed by atoms with E-state index in [4.69, 9.17) is 61.6 Å². The van der Waals surface area contributed by atoms with E-state index < -0.39 is 90.1 Å². The van der Waals surface area contributed by atoms with Crippen molar-refractivity contribution in [3.63, 3.8) is 0 Å². The Bertz CT molecular complexity index is 2750. The highest BCUT2D eigenvalue weighted by molar-refractivity contribution is 6.11. The van der Waals surface area contributed by atoms with Gasteiger partial charge in [0.1, 0.15) is 35.7 Å². The number of phenolic OH excluding ortho intramolecular Hbond substituents is 1. The molecule has 1 spiro atoms. The fourth-order valence-corrected chi connectivity index (χ4v) is 10.2. The molecule has 5 heterocycles. The van der Waals surface area contributed by atoms with Crippen molar-refractivity contribution < 1.29 is 95.5 Å². The number of carbonyl (C=O) groups excluding carboxylic acids is 6. The molecule has 3 aromatic rings. The molecule has 0 saturated carbocycles. The van der Waals surface area contributed by atoms with Crippen molar-refractivity contribution in [3.8, 4) is 23.0 Å². The number of fused-ring (bicyclic) bond motifs is 8. The smallest absolute Gasteiger partial charge is 0.407 e. The Morgan fingerprint density at radius 1 is 0.971 bits per heavy atom. The molecule has 4 fully saturated rings. The Hall–Kier alpha value is -6.95. The largest absolute Gasteiger partial charge is 0.506 e. The van der Waals surface area contributed by atoms with E-state index in [1.54, 1.807) is 0 Å². The van der Waals surface area contributed by atoms with Crippen molar-refractivity contribution in [1.82, 2.24) is 5.32 Å². The average molecular weight is 963 g/mol. The van der Waals surface area contributed by atoms with Crippen LogP contribution in [0.5, 0.6) is 23.0 Å². The number of azide groups is 1. The van der Waals surface area contributed by atoms with Gasteiger partial charge in [0.15, 0.2) is 30.2 Å². The maximum Gasteiger partial charge on any atom is 0.407 e. The first kappa shape index (κ1) is 47.1. The van der Waals surface area contributed by atoms with Crippen LogP contribution in [-0.4, -0.2) is 129 Å². The van der Waals surface area contributed by atoms with Crippen molar-refractivity contribution in [1.29, 1.82) is 0 Å². The number of hydrogen-bond donors (Lipinski definition) is 2. The number of carbonyl (C=O) groups is 6. The zero-order valence-electron chi connectivity index (χ0n) is 38.1. The SMILES string of the molecule is COC(=O)[C@H]1O[C@@H](Oc2ccc(COC(=O)NC[C@]34O[C@@H]5[C@@H](O3)c3c(C)cc6c(OC)c7c(c(O)c6c3O[C@@]5(OC)[C@@]43CO3)C(=O)CCC7)cc2N=[N+]=[N-])[C@H](OC(C)=O)[C@@H](OC(C)=O)[C@@H]1OC(C)=O. The molecule has 1 amide bonds. The van der Waals surface area contributed by atoms with Crippen LogP contribution in [-0.2, 0) is 79.6 Å². The molecule has 366 valence electrons. The minimum Gasteiger partial charge on any atom is -0.506 e. The highest BCUT2D eigenvalue weighted by Gasteiger charge is 2.91. The molecular formula is C45H46N4O20. The van der Waals surface area contributed by atoms with Crippen LogP contribution < -0.4 is 19.5 Å². The molecule has 69 heavy (non-hydrogen) atoms. The number of esters is 4. The summed E-state index contributed by atoms with van der Waals surface area (Å²) in [4.78, 5) is 78.9. The number of methoxy groups -OCH3 is 3. The number of ether oxygens (including phenoxy) is 13. The van der Waals surface area contributed by atoms with Crippen molar-refractivity contribution in [2.75, 3.05) is 34.5 Å². The van der Waals surface area contributed by atoms with Crippen LogP contribution in [0.15, 0.2) is 29.4 Å². The van der Waals surface area contributed by atoms with E-state index >= 15 is 0 Å². The van der Waals surface area contributed by atoms with Gasteiger partial charge in [0, 0.05) is 55.7 Å². The second-order valence-electron chi connectivity index (χ2n) is 17.0. The quantitative estimate of drug-likeness (QED) is 0.0611. The first-order valence-electron chi connectivity index (χ1n) is 21.6. The number of nitrogens with zero attached hydrogens (tertiary/aromatic N) is 3. The topological polar surface area (TPSA) is 307 Å². The van der Waals surface area contributed by atoms with Gasteiger partial charge in [0.2, 0.25) is 23.8 Å². The Labute approximate surface area is 391 Å². The summed E-state index contributed by atoms with van der Waals surface area (Å²) < 4.78 is 76.5. The van der Waals surface area contributed by atoms with E-state index in [-0.39, 0.29) is 65.8 Å². The molecule has 1 aliphatic carbocycles. The minimum atomic E-state index is -1.76. The zero-order chi connectivity index (χ0) is 49.3. The molecule has 24 heteroatoms. The third kappa shape index (κ3) is 7.45. The molecule has 10 atom stereocenters. The molecule has 0 unspecified atom stereocenters. The minimum absolute atomic E-state index is 0.0354. The molecule has 0 aromatic heterocycles. The molecule has 24 nitrogen and oxygen atoms in total. The summed E-state index contributed by atoms with van der Waals surface area (Å²) >= 11 is 0. The summed E-state index contributed by atoms with van der Waals surface area (Å²) in [6, 6.07) is 5.90. The lowest BCUT2D eigenvalue weighted by Gasteiger charge is -2.48. The van der Waals surface area contributed by atoms with Crippen LogP contribution in [0.1, 0.15) is 72.3 Å². The summed E-state index contributed by atoms with van der Waals surface area (Å²) in [5.74, 6) is -6.98. The first-order chi connectivity index (χ1) is 33.0. The molecule has 3 aromatic carbocycles. The maximum atomic E-state index is 13.4. The summed E-state index contributed by atoms with van der Waals surface area (Å²) in [5, 5.41) is 19.0. The van der Waals surface area contributed by atoms with Gasteiger partial charge < -0.3 is 72.0 Å². The highest BCUT2D eigenvalue weighted by atomic mass is 16.9. The zero-order valence-corrected chi connectivity index (χ0v) is 38.1. The van der Waals surface area contributed by atoms with E-state index in [1.807, 2.05) is 13.0 Å². The van der Waals surface area contributed by atoms with Crippen molar-refractivity contribution in [2.45, 2.75) is 114 Å². The summed E-state index contributed by atoms with van der Waals surface area (Å²) in [7, 11) is 3.97. The number of benzene rings is 3. The Morgan fingerprint density at radius 3 is 2.33 bits per heavy atom. The van der Waals surface area contributed by atoms with Gasteiger partial charge in [0.25, 0.3) is 5.79 Å². The molecule has 9 rings (SSSR count). The monoisotopic (exact) mass is 962 g/mol. The molecule has 2 N–H and O–H groups in total. The van der Waals surface area contributed by atoms with E-state index in [1.165, 1.54) is 32.4 Å². The van der Waals surface area contributed by atoms with Crippen LogP contribution in [0, 0.1) is 6.92 Å². The number of nitrogens with one attached hydrogen (secondary N) is 1. The number of rotatable bonds is 13. The summed E-state index contributed by atoms with van der Waals surface area (Å²) in [5.41, 5.74) is 10.2. The van der Waals surface area contributed by atoms with Crippen LogP contribution in [0.25, 0.3) is 21.2 Å². The maximum absolute atomic E-state index is 13.4. The Morgan fingerprint density at radius 2 is 1.68 bits per heavy atom. The number of phenols is 1. The van der Waals surface area contributed by atoms with Gasteiger partial charge in [-0.15, -0.1) is 0 Å². The van der Waals surface area contributed by atoms with E-state index in [9.17, 15) is 39.4 Å². The first-order valence-corrected chi connectivity index (χ1v) is 21.6. The van der Waals surface area contributed by atoms with Gasteiger partial charge in [-0.2, -0.15) is 0 Å². The average Bonchev–Trinajstić information content (AvgIpc) is 3.98. The molecule has 5 aliphatic heterocycles. The number of hydrogen-bond acceptors (Lipinski definition) is 21. The van der Waals surface area contributed by atoms with Crippen LogP contribution in [0.2, 0.25) is 0 Å². The third-order valence-electron chi connectivity index (χ3n) is 13.0. The second-order valence-corrected chi connectivity index (χ2v) is 17.0. The number of ketones is 1. The lowest BCUT2D eigenvalue weighted by atomic mass is 9.78. The lowest BCUT2D eigenvalue weighted by Crippen LogP contribution is -2.69. The number of alkyl carbamates (subject to hydrolysis) is 1. The second kappa shape index (κ2) is 17.5. The van der Waals surface area contributed by atoms with Gasteiger partial charge in [-0.3, -0.25) is 19.2 Å². The van der Waals surface area contributed by atoms with Gasteiger partial charge >= 0.3 is 30.0 Å². The van der Waals surface area contributed by atoms with Crippen molar-refractivity contribution in [3.05, 3.63) is 62.5 Å². The van der Waals surface area contributed by atoms with E-state index in [0.29, 0.717) is 46.2 Å². The molecular weight excluding hydrogens is 917 g/mol. The highest BCUT2D eigenvalue weighted by Crippen LogP contribution is 2.71. The third-order valence-corrected chi connectivity index (χ3v) is 13.0. The molecule has 0 radical (unpaired) electrons. The molecule has 6 aliphatic rings. The van der Waals surface area contributed by atoms with Crippen molar-refractivity contribution in [2.24, 2.45) is 5.11 Å². The number of Topliss-reactive ketones (excluding diaryl/α,β-unsaturated/α-hetero) is 1. The Kier molecular flexibility index (Phi) is 12.0. The van der Waals surface area contributed by atoms with Gasteiger partial charge in [-0.1, -0.05) is 11.2 Å². The fraction of sp³-hybridized carbons (Fsp3) is 0.511. The van der Waals surface area contributed by atoms with E-state index in [0.717, 1.165) is 27.9 Å². The summed E-state index contributed by atoms with van der Waals surface area (Å²) in [6.45, 7) is 4.30. The number of aromatic hydroxyl groups is 1. The number of epoxide rings is 1. The number of aryl methyl sites for hydroxylation is 1. The van der Waals surface area contributed by atoms with Crippen molar-refractivity contribution >= 4 is 52.2 Å². The molecule has 4 saturated heterocycles. The predicted molar refractivity (Wildman–Crippen MR) is 226 cm³/mol. The standard InChI is InChI=1S/C45H46N4O20/c1-18-13-24-30(31(54)29-23(32(24)57-5)9-8-10-26(29)53)33-28(18)34-39-45(59-7,68-33)43(17-61-43)44(67-34,69-39)16-47-42(56)60-15-22-11-12-27(25(14-22)48-49-46)65-41-38(64-21(4)52)36(63-20(3)51)35(62-19(2)50)37(66-41)40(55)58-6/h11-14,34-39,41,54H,8-10,15-17H2,1-7H3,(H,47,56)/t34-,35-,36-,37-,38+,39+,41+,43+,44+,45+/m0/s1. The van der Waals surface area contributed by atoms with Gasteiger partial charge in [0.05, 0.1) is 44.0 Å². The molecule has 2 bridgehead atoms. The lowest BCUT2D eigenvalue weighted by molar-refractivity contribution is -0.287. The predicted octanol–water partition coefficient (Wildman–Crippen LogP) is 3.99. The van der Waals surface area contributed by atoms with Crippen LogP contribution in [0.3, 0.4) is 0 Å².